The highest BCUT2D eigenvalue weighted by atomic mass is 79.9. The van der Waals surface area contributed by atoms with E-state index in [1.807, 2.05) is 18.2 Å². The molecule has 2 nitrogen and oxygen atoms in total. The summed E-state index contributed by atoms with van der Waals surface area (Å²) in [6.45, 7) is 0.718. The maximum Gasteiger partial charge on any atom is 0.138 e. The van der Waals surface area contributed by atoms with E-state index in [2.05, 4.69) is 22.0 Å². The smallest absolute Gasteiger partial charge is 0.138 e. The lowest BCUT2D eigenvalue weighted by Gasteiger charge is -2.07. The first-order valence-corrected chi connectivity index (χ1v) is 5.92. The second-order valence-electron chi connectivity index (χ2n) is 3.81. The van der Waals surface area contributed by atoms with Gasteiger partial charge in [0.2, 0.25) is 0 Å². The van der Waals surface area contributed by atoms with E-state index in [0.29, 0.717) is 11.3 Å². The molecule has 0 aliphatic heterocycles. The molecular formula is C12H12BrNO. The summed E-state index contributed by atoms with van der Waals surface area (Å²) in [6.07, 6.45) is 3.79. The van der Waals surface area contributed by atoms with Gasteiger partial charge in [0.1, 0.15) is 17.4 Å². The Hall–Kier alpha value is -1.01. The number of nitriles is 1. The largest absolute Gasteiger partial charge is 0.492 e. The summed E-state index contributed by atoms with van der Waals surface area (Å²) < 4.78 is 6.41. The van der Waals surface area contributed by atoms with Crippen molar-refractivity contribution in [3.63, 3.8) is 0 Å². The van der Waals surface area contributed by atoms with E-state index in [9.17, 15) is 0 Å². The molecule has 0 bridgehead atoms. The molecule has 0 atom stereocenters. The first-order chi connectivity index (χ1) is 7.31. The number of nitrogens with zero attached hydrogens (tertiary/aromatic N) is 1. The Labute approximate surface area is 98.0 Å². The van der Waals surface area contributed by atoms with Crippen LogP contribution in [0, 0.1) is 17.2 Å². The molecule has 1 saturated carbocycles. The predicted molar refractivity (Wildman–Crippen MR) is 61.7 cm³/mol. The van der Waals surface area contributed by atoms with Crippen LogP contribution in [0.25, 0.3) is 0 Å². The van der Waals surface area contributed by atoms with Crippen molar-refractivity contribution in [2.75, 3.05) is 6.61 Å². The average Bonchev–Trinajstić information content (AvgIpc) is 3.02. The van der Waals surface area contributed by atoms with Gasteiger partial charge in [0, 0.05) is 4.47 Å². The molecule has 0 unspecified atom stereocenters. The van der Waals surface area contributed by atoms with Gasteiger partial charge in [-0.15, -0.1) is 0 Å². The Kier molecular flexibility index (Phi) is 3.27. The van der Waals surface area contributed by atoms with Gasteiger partial charge >= 0.3 is 0 Å². The van der Waals surface area contributed by atoms with Gasteiger partial charge in [0.15, 0.2) is 0 Å². The van der Waals surface area contributed by atoms with Crippen LogP contribution < -0.4 is 4.74 Å². The van der Waals surface area contributed by atoms with Crippen LogP contribution in [0.5, 0.6) is 5.75 Å². The molecule has 15 heavy (non-hydrogen) atoms. The molecule has 3 heteroatoms. The normalized spacial score (nSPS) is 14.7. The molecule has 1 aliphatic carbocycles. The van der Waals surface area contributed by atoms with Gasteiger partial charge in [0.25, 0.3) is 0 Å². The van der Waals surface area contributed by atoms with Crippen LogP contribution in [0.4, 0.5) is 0 Å². The number of ether oxygens (including phenoxy) is 1. The lowest BCUT2D eigenvalue weighted by molar-refractivity contribution is 0.301. The first-order valence-electron chi connectivity index (χ1n) is 5.12. The number of hydrogen-bond acceptors (Lipinski definition) is 2. The zero-order valence-electron chi connectivity index (χ0n) is 8.37. The second-order valence-corrected chi connectivity index (χ2v) is 4.66. The number of halogens is 1. The van der Waals surface area contributed by atoms with Crippen LogP contribution in [0.15, 0.2) is 22.7 Å². The van der Waals surface area contributed by atoms with Crippen molar-refractivity contribution >= 4 is 15.9 Å². The third-order valence-electron chi connectivity index (χ3n) is 2.57. The van der Waals surface area contributed by atoms with Crippen LogP contribution in [0.2, 0.25) is 0 Å². The zero-order valence-corrected chi connectivity index (χ0v) is 9.96. The molecule has 0 saturated heterocycles. The Morgan fingerprint density at radius 2 is 2.27 bits per heavy atom. The molecule has 1 aromatic carbocycles. The number of benzene rings is 1. The van der Waals surface area contributed by atoms with Crippen LogP contribution >= 0.6 is 15.9 Å². The van der Waals surface area contributed by atoms with Gasteiger partial charge < -0.3 is 4.74 Å². The van der Waals surface area contributed by atoms with Crippen molar-refractivity contribution in [2.45, 2.75) is 19.3 Å². The van der Waals surface area contributed by atoms with Gasteiger partial charge in [0.05, 0.1) is 6.61 Å². The maximum absolute atomic E-state index is 8.96. The van der Waals surface area contributed by atoms with Crippen LogP contribution in [0.1, 0.15) is 24.8 Å². The number of rotatable bonds is 4. The van der Waals surface area contributed by atoms with E-state index < -0.39 is 0 Å². The summed E-state index contributed by atoms with van der Waals surface area (Å²) in [5.74, 6) is 1.55. The lowest BCUT2D eigenvalue weighted by atomic mass is 10.2. The summed E-state index contributed by atoms with van der Waals surface area (Å²) in [4.78, 5) is 0. The molecule has 1 fully saturated rings. The molecule has 2 rings (SSSR count). The van der Waals surface area contributed by atoms with Crippen molar-refractivity contribution in [2.24, 2.45) is 5.92 Å². The highest BCUT2D eigenvalue weighted by Crippen LogP contribution is 2.33. The fourth-order valence-electron chi connectivity index (χ4n) is 1.48. The van der Waals surface area contributed by atoms with Crippen LogP contribution in [-0.2, 0) is 0 Å². The average molecular weight is 266 g/mol. The molecule has 0 spiro atoms. The third-order valence-corrected chi connectivity index (χ3v) is 3.23. The predicted octanol–water partition coefficient (Wildman–Crippen LogP) is 3.50. The van der Waals surface area contributed by atoms with Crippen molar-refractivity contribution in [1.82, 2.24) is 0 Å². The van der Waals surface area contributed by atoms with Crippen LogP contribution in [0.3, 0.4) is 0 Å². The Morgan fingerprint density at radius 3 is 2.93 bits per heavy atom. The SMILES string of the molecule is N#Cc1c(Br)cccc1OCCC1CC1. The maximum atomic E-state index is 8.96. The molecular weight excluding hydrogens is 254 g/mol. The Bertz CT molecular complexity index is 393. The number of hydrogen-bond donors (Lipinski definition) is 0. The summed E-state index contributed by atoms with van der Waals surface area (Å²) in [7, 11) is 0. The standard InChI is InChI=1S/C12H12BrNO/c13-11-2-1-3-12(10(11)8-14)15-7-6-9-4-5-9/h1-3,9H,4-7H2. The highest BCUT2D eigenvalue weighted by Gasteiger charge is 2.20. The fraction of sp³-hybridized carbons (Fsp3) is 0.417. The fourth-order valence-corrected chi connectivity index (χ4v) is 1.91. The first kappa shape index (κ1) is 10.5. The Balaban J connectivity index is 1.99. The third kappa shape index (κ3) is 2.73. The summed E-state index contributed by atoms with van der Waals surface area (Å²) in [6, 6.07) is 7.73. The second kappa shape index (κ2) is 4.67. The van der Waals surface area contributed by atoms with Gasteiger partial charge in [-0.1, -0.05) is 18.9 Å². The molecule has 0 N–H and O–H groups in total. The zero-order chi connectivity index (χ0) is 10.7. The van der Waals surface area contributed by atoms with E-state index in [1.165, 1.54) is 12.8 Å². The van der Waals surface area contributed by atoms with E-state index in [0.717, 1.165) is 23.4 Å². The molecule has 0 heterocycles. The molecule has 0 aromatic heterocycles. The molecule has 1 aromatic rings. The van der Waals surface area contributed by atoms with Crippen molar-refractivity contribution in [3.8, 4) is 11.8 Å². The van der Waals surface area contributed by atoms with E-state index in [4.69, 9.17) is 10.00 Å². The minimum atomic E-state index is 0.591. The monoisotopic (exact) mass is 265 g/mol. The minimum absolute atomic E-state index is 0.591. The molecule has 0 amide bonds. The van der Waals surface area contributed by atoms with Crippen molar-refractivity contribution in [1.29, 1.82) is 5.26 Å². The molecule has 0 radical (unpaired) electrons. The highest BCUT2D eigenvalue weighted by molar-refractivity contribution is 9.10. The van der Waals surface area contributed by atoms with E-state index >= 15 is 0 Å². The van der Waals surface area contributed by atoms with Crippen molar-refractivity contribution in [3.05, 3.63) is 28.2 Å². The Morgan fingerprint density at radius 1 is 1.47 bits per heavy atom. The van der Waals surface area contributed by atoms with Gasteiger partial charge in [-0.05, 0) is 40.4 Å². The summed E-state index contributed by atoms with van der Waals surface area (Å²) in [5, 5.41) is 8.96. The van der Waals surface area contributed by atoms with Gasteiger partial charge in [-0.3, -0.25) is 0 Å². The van der Waals surface area contributed by atoms with Gasteiger partial charge in [-0.25, -0.2) is 0 Å². The molecule has 78 valence electrons. The lowest BCUT2D eigenvalue weighted by Crippen LogP contribution is -2.00. The van der Waals surface area contributed by atoms with Crippen LogP contribution in [-0.4, -0.2) is 6.61 Å². The molecule has 1 aliphatic rings. The summed E-state index contributed by atoms with van der Waals surface area (Å²) >= 11 is 3.34. The van der Waals surface area contributed by atoms with Gasteiger partial charge in [-0.2, -0.15) is 5.26 Å². The quantitative estimate of drug-likeness (QED) is 0.835. The van der Waals surface area contributed by atoms with Crippen molar-refractivity contribution < 1.29 is 4.74 Å². The summed E-state index contributed by atoms with van der Waals surface area (Å²) in [5.41, 5.74) is 0.591. The topological polar surface area (TPSA) is 33.0 Å². The minimum Gasteiger partial charge on any atom is -0.492 e. The van der Waals surface area contributed by atoms with E-state index in [-0.39, 0.29) is 0 Å². The van der Waals surface area contributed by atoms with E-state index in [1.54, 1.807) is 0 Å².